The van der Waals surface area contributed by atoms with Crippen LogP contribution >= 0.6 is 23.2 Å². The van der Waals surface area contributed by atoms with Gasteiger partial charge in [0, 0.05) is 25.5 Å². The first-order valence-corrected chi connectivity index (χ1v) is 12.6. The molecule has 1 aliphatic carbocycles. The molecule has 3 N–H and O–H groups in total. The van der Waals surface area contributed by atoms with Crippen molar-refractivity contribution in [2.75, 3.05) is 13.6 Å². The van der Waals surface area contributed by atoms with Crippen LogP contribution in [-0.4, -0.2) is 68.9 Å². The number of carbonyl (C=O) groups excluding carboxylic acids is 2. The van der Waals surface area contributed by atoms with Gasteiger partial charge in [-0.1, -0.05) is 23.2 Å². The molecular weight excluding hydrogens is 578 g/mol. The highest BCUT2D eigenvalue weighted by atomic mass is 35.5. The molecule has 15 heteroatoms. The number of pyridine rings is 1. The number of nitrogens with two attached hydrogens (primary N) is 1. The van der Waals surface area contributed by atoms with E-state index in [1.165, 1.54) is 24.5 Å². The second-order valence-corrected chi connectivity index (χ2v) is 10.1. The monoisotopic (exact) mass is 601 g/mol. The Bertz CT molecular complexity index is 1330. The quantitative estimate of drug-likeness (QED) is 0.244. The number of rotatable bonds is 9. The number of hydrogen-bond acceptors (Lipinski definition) is 8. The van der Waals surface area contributed by atoms with Crippen LogP contribution in [0.3, 0.4) is 0 Å². The van der Waals surface area contributed by atoms with Crippen LogP contribution in [0.15, 0.2) is 46.5 Å². The summed E-state index contributed by atoms with van der Waals surface area (Å²) in [6.07, 6.45) is -1.88. The number of halogens is 5. The molecule has 3 rings (SSSR count). The molecule has 0 aromatic carbocycles. The number of carboxylic acids is 1. The lowest BCUT2D eigenvalue weighted by Gasteiger charge is -2.40. The van der Waals surface area contributed by atoms with Crippen molar-refractivity contribution >= 4 is 40.9 Å². The number of allylic oxidation sites excluding steroid dienone is 1. The minimum absolute atomic E-state index is 0.0284. The average Bonchev–Trinajstić information content (AvgIpc) is 3.39. The molecule has 1 amide bonds. The summed E-state index contributed by atoms with van der Waals surface area (Å²) >= 11 is 12.1. The number of nitriles is 1. The van der Waals surface area contributed by atoms with E-state index in [1.54, 1.807) is 0 Å². The number of nitrogens with zero attached hydrogens (tertiary/aromatic N) is 4. The zero-order valence-corrected chi connectivity index (χ0v) is 22.6. The van der Waals surface area contributed by atoms with Crippen molar-refractivity contribution in [3.8, 4) is 6.07 Å². The number of ketones is 1. The maximum Gasteiger partial charge on any atom is 0.432 e. The maximum atomic E-state index is 14.4. The molecule has 0 atom stereocenters. The van der Waals surface area contributed by atoms with Gasteiger partial charge in [-0.05, 0) is 37.8 Å². The Morgan fingerprint density at radius 2 is 1.85 bits per heavy atom. The van der Waals surface area contributed by atoms with Crippen molar-refractivity contribution in [2.45, 2.75) is 50.0 Å². The van der Waals surface area contributed by atoms with Gasteiger partial charge in [0.05, 0.1) is 35.0 Å². The van der Waals surface area contributed by atoms with Gasteiger partial charge in [-0.2, -0.15) is 18.4 Å². The fourth-order valence-electron chi connectivity index (χ4n) is 4.50. The first-order valence-electron chi connectivity index (χ1n) is 11.8. The standard InChI is InChI=1S/C25H24Cl2F3N5O5/c1-34(14-4-6-24(32,7-5-14)23(38)39)21(25(28,29)30)16(9-31)22(37)35(12-15-3-2-8-40-15)13-19(36)20-17(26)10-33-11-18(20)27/h2-3,8,10-11,14H,4-7,12-13,32H2,1H3,(H,38,39)/b21-16+. The minimum atomic E-state index is -5.16. The van der Waals surface area contributed by atoms with E-state index in [9.17, 15) is 37.9 Å². The van der Waals surface area contributed by atoms with Crippen LogP contribution in [0.25, 0.3) is 0 Å². The second kappa shape index (κ2) is 12.3. The van der Waals surface area contributed by atoms with Crippen LogP contribution in [0.4, 0.5) is 13.2 Å². The predicted molar refractivity (Wildman–Crippen MR) is 136 cm³/mol. The summed E-state index contributed by atoms with van der Waals surface area (Å²) in [5.74, 6) is -3.33. The average molecular weight is 602 g/mol. The van der Waals surface area contributed by atoms with Crippen molar-refractivity contribution in [1.29, 1.82) is 5.26 Å². The summed E-state index contributed by atoms with van der Waals surface area (Å²) < 4.78 is 48.4. The van der Waals surface area contributed by atoms with Crippen molar-refractivity contribution in [2.24, 2.45) is 5.73 Å². The first-order chi connectivity index (χ1) is 18.7. The van der Waals surface area contributed by atoms with Crippen LogP contribution in [0.5, 0.6) is 0 Å². The van der Waals surface area contributed by atoms with Gasteiger partial charge >= 0.3 is 12.1 Å². The van der Waals surface area contributed by atoms with Crippen molar-refractivity contribution < 1.29 is 37.1 Å². The van der Waals surface area contributed by atoms with E-state index in [0.29, 0.717) is 0 Å². The molecular formula is C25H24Cl2F3N5O5. The normalized spacial score (nSPS) is 19.8. The number of aromatic nitrogens is 1. The van der Waals surface area contributed by atoms with Gasteiger partial charge in [-0.25, -0.2) is 0 Å². The minimum Gasteiger partial charge on any atom is -0.480 e. The molecule has 0 saturated heterocycles. The summed E-state index contributed by atoms with van der Waals surface area (Å²) in [5, 5.41) is 18.9. The van der Waals surface area contributed by atoms with Gasteiger partial charge in [0.1, 0.15) is 28.6 Å². The van der Waals surface area contributed by atoms with Crippen LogP contribution in [0, 0.1) is 11.3 Å². The molecule has 40 heavy (non-hydrogen) atoms. The fraction of sp³-hybridized carbons (Fsp3) is 0.400. The highest BCUT2D eigenvalue weighted by Crippen LogP contribution is 2.37. The van der Waals surface area contributed by atoms with E-state index < -0.39 is 59.8 Å². The molecule has 2 aromatic heterocycles. The number of furan rings is 1. The van der Waals surface area contributed by atoms with Crippen LogP contribution in [0.1, 0.15) is 41.8 Å². The van der Waals surface area contributed by atoms with Crippen molar-refractivity contribution in [3.05, 3.63) is 63.4 Å². The summed E-state index contributed by atoms with van der Waals surface area (Å²) in [6, 6.07) is 3.41. The van der Waals surface area contributed by atoms with Crippen LogP contribution in [0.2, 0.25) is 10.0 Å². The van der Waals surface area contributed by atoms with Gasteiger partial charge in [0.2, 0.25) is 0 Å². The third-order valence-corrected chi connectivity index (χ3v) is 7.26. The Labute approximate surface area is 236 Å². The molecule has 214 valence electrons. The molecule has 0 unspecified atom stereocenters. The summed E-state index contributed by atoms with van der Waals surface area (Å²) in [4.78, 5) is 43.3. The smallest absolute Gasteiger partial charge is 0.432 e. The summed E-state index contributed by atoms with van der Waals surface area (Å²) in [5.41, 5.74) is 1.29. The lowest BCUT2D eigenvalue weighted by molar-refractivity contribution is -0.145. The molecule has 10 nitrogen and oxygen atoms in total. The Balaban J connectivity index is 2.01. The number of Topliss-reactive ketones (excluding diaryl/α,β-unsaturated/α-hetero) is 1. The van der Waals surface area contributed by atoms with E-state index in [4.69, 9.17) is 33.4 Å². The molecule has 2 aromatic rings. The molecule has 0 radical (unpaired) electrons. The van der Waals surface area contributed by atoms with E-state index in [2.05, 4.69) is 4.98 Å². The Hall–Kier alpha value is -3.60. The third-order valence-electron chi connectivity index (χ3n) is 6.69. The zero-order chi connectivity index (χ0) is 29.8. The molecule has 0 spiro atoms. The largest absolute Gasteiger partial charge is 0.480 e. The fourth-order valence-corrected chi connectivity index (χ4v) is 5.08. The lowest BCUT2D eigenvalue weighted by atomic mass is 9.79. The summed E-state index contributed by atoms with van der Waals surface area (Å²) in [6.45, 7) is -1.24. The van der Waals surface area contributed by atoms with E-state index >= 15 is 0 Å². The number of hydrogen-bond donors (Lipinski definition) is 2. The Morgan fingerprint density at radius 3 is 2.33 bits per heavy atom. The Kier molecular flexibility index (Phi) is 9.50. The van der Waals surface area contributed by atoms with Crippen molar-refractivity contribution in [3.63, 3.8) is 0 Å². The third kappa shape index (κ3) is 6.75. The predicted octanol–water partition coefficient (Wildman–Crippen LogP) is 4.19. The highest BCUT2D eigenvalue weighted by Gasteiger charge is 2.46. The van der Waals surface area contributed by atoms with E-state index in [1.807, 2.05) is 0 Å². The van der Waals surface area contributed by atoms with Gasteiger partial charge in [0.15, 0.2) is 5.78 Å². The molecule has 2 heterocycles. The van der Waals surface area contributed by atoms with Gasteiger partial charge < -0.3 is 25.1 Å². The lowest BCUT2D eigenvalue weighted by Crippen LogP contribution is -2.53. The first kappa shape index (κ1) is 30.9. The summed E-state index contributed by atoms with van der Waals surface area (Å²) in [7, 11) is 1.07. The topological polar surface area (TPSA) is 154 Å². The molecule has 1 aliphatic rings. The molecule has 1 fully saturated rings. The SMILES string of the molecule is CN(/C(=C(\C#N)C(=O)N(CC(=O)c1c(Cl)cncc1Cl)Cc1ccco1)C(F)(F)F)C1CCC(N)(C(=O)O)CC1. The highest BCUT2D eigenvalue weighted by molar-refractivity contribution is 6.39. The number of alkyl halides is 3. The van der Waals surface area contributed by atoms with Crippen LogP contribution < -0.4 is 5.73 Å². The second-order valence-electron chi connectivity index (χ2n) is 9.28. The van der Waals surface area contributed by atoms with Gasteiger partial charge in [-0.3, -0.25) is 19.4 Å². The molecule has 0 aliphatic heterocycles. The number of carbonyl (C=O) groups is 3. The molecule has 1 saturated carbocycles. The zero-order valence-electron chi connectivity index (χ0n) is 21.0. The van der Waals surface area contributed by atoms with Gasteiger partial charge in [0.25, 0.3) is 5.91 Å². The maximum absolute atomic E-state index is 14.4. The number of carboxylic acid groups (broad SMARTS) is 1. The van der Waals surface area contributed by atoms with Crippen LogP contribution in [-0.2, 0) is 16.1 Å². The van der Waals surface area contributed by atoms with E-state index in [-0.39, 0.29) is 47.1 Å². The van der Waals surface area contributed by atoms with Crippen molar-refractivity contribution in [1.82, 2.24) is 14.8 Å². The Morgan fingerprint density at radius 1 is 1.25 bits per heavy atom. The number of amides is 1. The number of aliphatic carboxylic acids is 1. The van der Waals surface area contributed by atoms with Gasteiger partial charge in [-0.15, -0.1) is 0 Å². The molecule has 0 bridgehead atoms. The van der Waals surface area contributed by atoms with E-state index in [0.717, 1.165) is 29.2 Å².